The summed E-state index contributed by atoms with van der Waals surface area (Å²) in [4.78, 5) is 50.1. The molecular formula is C20H20N4O5S. The molecule has 0 saturated carbocycles. The molecule has 1 aliphatic heterocycles. The number of fused-ring (bicyclic) bond motifs is 2. The lowest BCUT2D eigenvalue weighted by molar-refractivity contribution is -0.384. The molecule has 10 heteroatoms. The lowest BCUT2D eigenvalue weighted by Crippen LogP contribution is -2.41. The number of benzene rings is 1. The van der Waals surface area contributed by atoms with Crippen molar-refractivity contribution in [2.75, 3.05) is 16.8 Å². The summed E-state index contributed by atoms with van der Waals surface area (Å²) in [6.07, 6.45) is 4.18. The van der Waals surface area contributed by atoms with Crippen LogP contribution in [0.25, 0.3) is 0 Å². The second-order valence-electron chi connectivity index (χ2n) is 7.38. The van der Waals surface area contributed by atoms with E-state index in [9.17, 15) is 24.5 Å². The number of rotatable bonds is 5. The van der Waals surface area contributed by atoms with Crippen LogP contribution < -0.4 is 16.0 Å². The Bertz CT molecular complexity index is 1080. The molecule has 4 rings (SSSR count). The number of thiophene rings is 1. The average Bonchev–Trinajstić information content (AvgIpc) is 3.07. The van der Waals surface area contributed by atoms with Gasteiger partial charge in [0.1, 0.15) is 11.5 Å². The Morgan fingerprint density at radius 3 is 2.70 bits per heavy atom. The van der Waals surface area contributed by atoms with E-state index < -0.39 is 16.7 Å². The summed E-state index contributed by atoms with van der Waals surface area (Å²) in [7, 11) is 0. The molecule has 2 aromatic rings. The highest BCUT2D eigenvalue weighted by molar-refractivity contribution is 7.17. The molecule has 1 aliphatic carbocycles. The van der Waals surface area contributed by atoms with Gasteiger partial charge in [-0.05, 0) is 49.3 Å². The largest absolute Gasteiger partial charge is 0.365 e. The fourth-order valence-corrected chi connectivity index (χ4v) is 5.37. The van der Waals surface area contributed by atoms with Gasteiger partial charge in [0.05, 0.1) is 10.5 Å². The minimum atomic E-state index is -0.573. The molecule has 3 N–H and O–H groups in total. The van der Waals surface area contributed by atoms with Crippen molar-refractivity contribution in [3.63, 3.8) is 0 Å². The van der Waals surface area contributed by atoms with Crippen molar-refractivity contribution < 1.29 is 19.3 Å². The number of carbonyl (C=O) groups excluding carboxylic acids is 3. The average molecular weight is 428 g/mol. The number of nitrogens with zero attached hydrogens (tertiary/aromatic N) is 2. The van der Waals surface area contributed by atoms with E-state index in [0.717, 1.165) is 36.1 Å². The first-order valence-corrected chi connectivity index (χ1v) is 10.5. The number of aryl methyl sites for hydroxylation is 2. The van der Waals surface area contributed by atoms with E-state index in [1.807, 2.05) is 0 Å². The maximum Gasteiger partial charge on any atom is 0.269 e. The van der Waals surface area contributed by atoms with Crippen LogP contribution in [0.15, 0.2) is 18.2 Å². The Kier molecular flexibility index (Phi) is 5.25. The topological polar surface area (TPSA) is 136 Å². The van der Waals surface area contributed by atoms with Gasteiger partial charge in [0.15, 0.2) is 0 Å². The summed E-state index contributed by atoms with van der Waals surface area (Å²) in [5.74, 6) is -1.25. The lowest BCUT2D eigenvalue weighted by Gasteiger charge is -2.28. The summed E-state index contributed by atoms with van der Waals surface area (Å²) in [5, 5.41) is 14.2. The fraction of sp³-hybridized carbons (Fsp3) is 0.350. The van der Waals surface area contributed by atoms with Crippen LogP contribution in [0.4, 0.5) is 16.4 Å². The highest BCUT2D eigenvalue weighted by Crippen LogP contribution is 2.38. The number of carbonyl (C=O) groups is 3. The smallest absolute Gasteiger partial charge is 0.269 e. The number of nitro benzene ring substituents is 1. The molecule has 1 aromatic carbocycles. The summed E-state index contributed by atoms with van der Waals surface area (Å²) >= 11 is 1.36. The molecule has 0 bridgehead atoms. The van der Waals surface area contributed by atoms with Crippen LogP contribution in [-0.2, 0) is 28.9 Å². The fourth-order valence-electron chi connectivity index (χ4n) is 4.06. The van der Waals surface area contributed by atoms with E-state index >= 15 is 0 Å². The zero-order valence-corrected chi connectivity index (χ0v) is 16.9. The van der Waals surface area contributed by atoms with Gasteiger partial charge in [0.2, 0.25) is 11.8 Å². The van der Waals surface area contributed by atoms with E-state index in [1.54, 1.807) is 0 Å². The van der Waals surface area contributed by atoms with Gasteiger partial charge in [-0.2, -0.15) is 0 Å². The molecular weight excluding hydrogens is 408 g/mol. The highest BCUT2D eigenvalue weighted by atomic mass is 32.1. The summed E-state index contributed by atoms with van der Waals surface area (Å²) in [6.45, 7) is -0.246. The van der Waals surface area contributed by atoms with Crippen LogP contribution in [-0.4, -0.2) is 29.2 Å². The van der Waals surface area contributed by atoms with Gasteiger partial charge in [0.25, 0.3) is 11.6 Å². The van der Waals surface area contributed by atoms with E-state index in [-0.39, 0.29) is 24.6 Å². The minimum Gasteiger partial charge on any atom is -0.365 e. The molecule has 0 spiro atoms. The van der Waals surface area contributed by atoms with Crippen molar-refractivity contribution in [2.24, 2.45) is 5.73 Å². The minimum absolute atomic E-state index is 0.0530. The van der Waals surface area contributed by atoms with Gasteiger partial charge in [0, 0.05) is 29.1 Å². The van der Waals surface area contributed by atoms with Gasteiger partial charge in [-0.15, -0.1) is 11.3 Å². The normalized spacial score (nSPS) is 15.3. The van der Waals surface area contributed by atoms with E-state index in [0.29, 0.717) is 28.2 Å². The van der Waals surface area contributed by atoms with Gasteiger partial charge in [-0.3, -0.25) is 24.5 Å². The first-order valence-electron chi connectivity index (χ1n) is 9.67. The predicted octanol–water partition coefficient (Wildman–Crippen LogP) is 2.55. The number of primary amides is 1. The number of hydrogen-bond acceptors (Lipinski definition) is 6. The zero-order chi connectivity index (χ0) is 21.4. The molecule has 156 valence electrons. The van der Waals surface area contributed by atoms with Crippen molar-refractivity contribution in [2.45, 2.75) is 38.5 Å². The lowest BCUT2D eigenvalue weighted by atomic mass is 9.95. The molecule has 0 fully saturated rings. The maximum absolute atomic E-state index is 12.7. The van der Waals surface area contributed by atoms with Crippen LogP contribution in [0.2, 0.25) is 0 Å². The molecule has 3 amide bonds. The number of amides is 3. The van der Waals surface area contributed by atoms with Gasteiger partial charge >= 0.3 is 0 Å². The van der Waals surface area contributed by atoms with Gasteiger partial charge in [-0.25, -0.2) is 0 Å². The zero-order valence-electron chi connectivity index (χ0n) is 16.1. The van der Waals surface area contributed by atoms with Crippen molar-refractivity contribution in [3.8, 4) is 0 Å². The van der Waals surface area contributed by atoms with E-state index in [2.05, 4.69) is 5.32 Å². The van der Waals surface area contributed by atoms with Crippen molar-refractivity contribution in [1.82, 2.24) is 0 Å². The number of anilines is 2. The van der Waals surface area contributed by atoms with Crippen LogP contribution in [0.5, 0.6) is 0 Å². The second-order valence-corrected chi connectivity index (χ2v) is 8.48. The molecule has 2 heterocycles. The summed E-state index contributed by atoms with van der Waals surface area (Å²) in [6, 6.07) is 4.25. The molecule has 0 saturated heterocycles. The monoisotopic (exact) mass is 428 g/mol. The first-order chi connectivity index (χ1) is 14.3. The maximum atomic E-state index is 12.7. The van der Waals surface area contributed by atoms with Gasteiger partial charge < -0.3 is 16.0 Å². The molecule has 0 unspecified atom stereocenters. The number of nitrogens with one attached hydrogen (secondary N) is 1. The molecule has 0 radical (unpaired) electrons. The number of hydrogen-bond donors (Lipinski definition) is 2. The standard InChI is InChI=1S/C20H20N4O5S/c21-19(27)18-13-3-1-2-4-15(13)30-20(18)22-16(25)10-23-14-7-6-12(24(28)29)9-11(14)5-8-17(23)26/h6-7,9H,1-5,8,10H2,(H2,21,27)(H,22,25). The molecule has 9 nitrogen and oxygen atoms in total. The Balaban J connectivity index is 1.57. The van der Waals surface area contributed by atoms with Crippen LogP contribution in [0, 0.1) is 10.1 Å². The Morgan fingerprint density at radius 2 is 1.97 bits per heavy atom. The van der Waals surface area contributed by atoms with E-state index in [1.165, 1.54) is 34.4 Å². The molecule has 2 aliphatic rings. The molecule has 1 aromatic heterocycles. The SMILES string of the molecule is NC(=O)c1c(NC(=O)CN2C(=O)CCc3cc([N+](=O)[O-])ccc32)sc2c1CCCC2. The van der Waals surface area contributed by atoms with Crippen molar-refractivity contribution >= 4 is 45.4 Å². The summed E-state index contributed by atoms with van der Waals surface area (Å²) < 4.78 is 0. The Morgan fingerprint density at radius 1 is 1.20 bits per heavy atom. The highest BCUT2D eigenvalue weighted by Gasteiger charge is 2.29. The summed E-state index contributed by atoms with van der Waals surface area (Å²) in [5.41, 5.74) is 7.94. The second kappa shape index (κ2) is 7.86. The molecule has 0 atom stereocenters. The number of nitro groups is 1. The van der Waals surface area contributed by atoms with Crippen LogP contribution in [0.3, 0.4) is 0 Å². The van der Waals surface area contributed by atoms with Gasteiger partial charge in [-0.1, -0.05) is 0 Å². The molecule has 30 heavy (non-hydrogen) atoms. The third kappa shape index (κ3) is 3.65. The Hall–Kier alpha value is -3.27. The number of non-ortho nitro benzene ring substituents is 1. The van der Waals surface area contributed by atoms with E-state index in [4.69, 9.17) is 5.73 Å². The van der Waals surface area contributed by atoms with Crippen LogP contribution >= 0.6 is 11.3 Å². The number of nitrogens with two attached hydrogens (primary N) is 1. The van der Waals surface area contributed by atoms with Crippen molar-refractivity contribution in [1.29, 1.82) is 0 Å². The van der Waals surface area contributed by atoms with Crippen LogP contribution in [0.1, 0.15) is 45.6 Å². The predicted molar refractivity (Wildman–Crippen MR) is 112 cm³/mol. The third-order valence-corrected chi connectivity index (χ3v) is 6.65. The third-order valence-electron chi connectivity index (χ3n) is 5.45. The first kappa shape index (κ1) is 20.0. The van der Waals surface area contributed by atoms with Crippen molar-refractivity contribution in [3.05, 3.63) is 49.9 Å². The Labute approximate surface area is 176 Å². The quantitative estimate of drug-likeness (QED) is 0.557.